The molecule has 1 fully saturated rings. The summed E-state index contributed by atoms with van der Waals surface area (Å²) in [6.07, 6.45) is 2.55. The Balaban J connectivity index is 1.75. The standard InChI is InChI=1S/C15H15NO3/c17-13-5-2-1-4-12(13)15(18)16-8-7-11(10-16)14-6-3-9-19-14/h1-6,9,11,17H,7-8,10H2. The van der Waals surface area contributed by atoms with Gasteiger partial charge in [0, 0.05) is 19.0 Å². The van der Waals surface area contributed by atoms with Crippen LogP contribution in [0.4, 0.5) is 0 Å². The molecule has 3 rings (SSSR count). The van der Waals surface area contributed by atoms with Gasteiger partial charge in [-0.3, -0.25) is 4.79 Å². The van der Waals surface area contributed by atoms with Crippen LogP contribution in [0.1, 0.15) is 28.5 Å². The highest BCUT2D eigenvalue weighted by Gasteiger charge is 2.30. The third kappa shape index (κ3) is 2.21. The molecular formula is C15H15NO3. The zero-order valence-corrected chi connectivity index (χ0v) is 10.5. The van der Waals surface area contributed by atoms with Crippen molar-refractivity contribution in [2.24, 2.45) is 0 Å². The van der Waals surface area contributed by atoms with Crippen LogP contribution in [-0.4, -0.2) is 29.0 Å². The number of amides is 1. The molecule has 98 valence electrons. The molecule has 1 atom stereocenters. The second kappa shape index (κ2) is 4.80. The summed E-state index contributed by atoms with van der Waals surface area (Å²) in [5, 5.41) is 9.73. The third-order valence-electron chi connectivity index (χ3n) is 3.56. The van der Waals surface area contributed by atoms with Crippen LogP contribution in [-0.2, 0) is 0 Å². The van der Waals surface area contributed by atoms with E-state index >= 15 is 0 Å². The van der Waals surface area contributed by atoms with Gasteiger partial charge in [-0.25, -0.2) is 0 Å². The van der Waals surface area contributed by atoms with Crippen molar-refractivity contribution in [3.05, 3.63) is 54.0 Å². The Kier molecular flexibility index (Phi) is 2.99. The van der Waals surface area contributed by atoms with Crippen LogP contribution >= 0.6 is 0 Å². The van der Waals surface area contributed by atoms with Crippen molar-refractivity contribution in [3.8, 4) is 5.75 Å². The van der Waals surface area contributed by atoms with Crippen molar-refractivity contribution in [1.29, 1.82) is 0 Å². The van der Waals surface area contributed by atoms with E-state index in [0.717, 1.165) is 12.2 Å². The molecule has 0 radical (unpaired) electrons. The minimum atomic E-state index is -0.118. The van der Waals surface area contributed by atoms with E-state index in [9.17, 15) is 9.90 Å². The topological polar surface area (TPSA) is 53.7 Å². The molecule has 0 aliphatic carbocycles. The average molecular weight is 257 g/mol. The van der Waals surface area contributed by atoms with Gasteiger partial charge in [0.1, 0.15) is 11.5 Å². The number of rotatable bonds is 2. The van der Waals surface area contributed by atoms with Crippen molar-refractivity contribution in [1.82, 2.24) is 4.90 Å². The van der Waals surface area contributed by atoms with E-state index in [0.29, 0.717) is 18.7 Å². The number of furan rings is 1. The number of carbonyl (C=O) groups is 1. The second-order valence-electron chi connectivity index (χ2n) is 4.77. The summed E-state index contributed by atoms with van der Waals surface area (Å²) in [5.74, 6) is 1.10. The normalized spacial score (nSPS) is 18.7. The minimum Gasteiger partial charge on any atom is -0.507 e. The molecule has 1 amide bonds. The molecule has 4 heteroatoms. The molecular weight excluding hydrogens is 242 g/mol. The molecule has 0 bridgehead atoms. The van der Waals surface area contributed by atoms with Gasteiger partial charge in [-0.2, -0.15) is 0 Å². The van der Waals surface area contributed by atoms with Crippen LogP contribution in [0.25, 0.3) is 0 Å². The van der Waals surface area contributed by atoms with Crippen LogP contribution in [0.3, 0.4) is 0 Å². The van der Waals surface area contributed by atoms with Crippen molar-refractivity contribution >= 4 is 5.91 Å². The van der Waals surface area contributed by atoms with Gasteiger partial charge in [0.2, 0.25) is 0 Å². The lowest BCUT2D eigenvalue weighted by Gasteiger charge is -2.16. The van der Waals surface area contributed by atoms with Gasteiger partial charge < -0.3 is 14.4 Å². The number of benzene rings is 1. The predicted molar refractivity (Wildman–Crippen MR) is 70.1 cm³/mol. The fourth-order valence-corrected chi connectivity index (χ4v) is 2.53. The van der Waals surface area contributed by atoms with Crippen LogP contribution in [0.5, 0.6) is 5.75 Å². The number of nitrogens with zero attached hydrogens (tertiary/aromatic N) is 1. The van der Waals surface area contributed by atoms with Crippen molar-refractivity contribution in [3.63, 3.8) is 0 Å². The molecule has 1 aliphatic rings. The average Bonchev–Trinajstić information content (AvgIpc) is 3.09. The largest absolute Gasteiger partial charge is 0.507 e. The summed E-state index contributed by atoms with van der Waals surface area (Å²) in [4.78, 5) is 14.1. The molecule has 0 spiro atoms. The molecule has 2 aromatic rings. The SMILES string of the molecule is O=C(c1ccccc1O)N1CCC(c2ccco2)C1. The summed E-state index contributed by atoms with van der Waals surface area (Å²) in [6.45, 7) is 1.33. The van der Waals surface area contributed by atoms with Crippen molar-refractivity contribution in [2.45, 2.75) is 12.3 Å². The van der Waals surface area contributed by atoms with Crippen LogP contribution in [0, 0.1) is 0 Å². The smallest absolute Gasteiger partial charge is 0.257 e. The Labute approximate surface area is 111 Å². The van der Waals surface area contributed by atoms with Gasteiger partial charge >= 0.3 is 0 Å². The Bertz CT molecular complexity index is 577. The van der Waals surface area contributed by atoms with E-state index in [1.54, 1.807) is 29.4 Å². The van der Waals surface area contributed by atoms with E-state index in [-0.39, 0.29) is 17.6 Å². The van der Waals surface area contributed by atoms with Crippen LogP contribution in [0.2, 0.25) is 0 Å². The molecule has 0 saturated carbocycles. The second-order valence-corrected chi connectivity index (χ2v) is 4.77. The van der Waals surface area contributed by atoms with Gasteiger partial charge in [-0.1, -0.05) is 12.1 Å². The fraction of sp³-hybridized carbons (Fsp3) is 0.267. The minimum absolute atomic E-state index is 0.0361. The first-order valence-electron chi connectivity index (χ1n) is 6.36. The van der Waals surface area contributed by atoms with E-state index in [1.165, 1.54) is 6.07 Å². The Morgan fingerprint density at radius 3 is 2.84 bits per heavy atom. The number of carbonyl (C=O) groups excluding carboxylic acids is 1. The van der Waals surface area contributed by atoms with Crippen molar-refractivity contribution < 1.29 is 14.3 Å². The molecule has 2 heterocycles. The first kappa shape index (κ1) is 11.8. The lowest BCUT2D eigenvalue weighted by atomic mass is 10.1. The molecule has 1 aromatic heterocycles. The summed E-state index contributed by atoms with van der Waals surface area (Å²) in [7, 11) is 0. The van der Waals surface area contributed by atoms with E-state index in [2.05, 4.69) is 0 Å². The predicted octanol–water partition coefficient (Wildman–Crippen LogP) is 2.61. The number of phenols is 1. The maximum Gasteiger partial charge on any atom is 0.257 e. The zero-order chi connectivity index (χ0) is 13.2. The van der Waals surface area contributed by atoms with Gasteiger partial charge in [0.25, 0.3) is 5.91 Å². The van der Waals surface area contributed by atoms with Crippen LogP contribution in [0.15, 0.2) is 47.1 Å². The maximum atomic E-state index is 12.3. The first-order chi connectivity index (χ1) is 9.25. The Morgan fingerprint density at radius 1 is 1.26 bits per heavy atom. The molecule has 1 unspecified atom stereocenters. The summed E-state index contributed by atoms with van der Waals surface area (Å²) < 4.78 is 5.39. The quantitative estimate of drug-likeness (QED) is 0.899. The number of phenolic OH excluding ortho intramolecular Hbond substituents is 1. The fourth-order valence-electron chi connectivity index (χ4n) is 2.53. The molecule has 1 saturated heterocycles. The van der Waals surface area contributed by atoms with Gasteiger partial charge in [-0.15, -0.1) is 0 Å². The summed E-state index contributed by atoms with van der Waals surface area (Å²) in [6, 6.07) is 10.5. The first-order valence-corrected chi connectivity index (χ1v) is 6.36. The maximum absolute atomic E-state index is 12.3. The van der Waals surface area contributed by atoms with E-state index in [1.807, 2.05) is 12.1 Å². The Morgan fingerprint density at radius 2 is 2.11 bits per heavy atom. The summed E-state index contributed by atoms with van der Waals surface area (Å²) in [5.41, 5.74) is 0.364. The highest BCUT2D eigenvalue weighted by atomic mass is 16.3. The lowest BCUT2D eigenvalue weighted by Crippen LogP contribution is -2.28. The zero-order valence-electron chi connectivity index (χ0n) is 10.5. The highest BCUT2D eigenvalue weighted by molar-refractivity contribution is 5.97. The number of hydrogen-bond donors (Lipinski definition) is 1. The van der Waals surface area contributed by atoms with E-state index < -0.39 is 0 Å². The Hall–Kier alpha value is -2.23. The number of hydrogen-bond acceptors (Lipinski definition) is 3. The number of likely N-dealkylation sites (tertiary alicyclic amines) is 1. The van der Waals surface area contributed by atoms with E-state index in [4.69, 9.17) is 4.42 Å². The number of aromatic hydroxyl groups is 1. The number of para-hydroxylation sites is 1. The van der Waals surface area contributed by atoms with Crippen LogP contribution < -0.4 is 0 Å². The molecule has 1 aromatic carbocycles. The monoisotopic (exact) mass is 257 g/mol. The van der Waals surface area contributed by atoms with Gasteiger partial charge in [0.05, 0.1) is 11.8 Å². The third-order valence-corrected chi connectivity index (χ3v) is 3.56. The highest BCUT2D eigenvalue weighted by Crippen LogP contribution is 2.29. The molecule has 19 heavy (non-hydrogen) atoms. The molecule has 1 aliphatic heterocycles. The molecule has 4 nitrogen and oxygen atoms in total. The summed E-state index contributed by atoms with van der Waals surface area (Å²) >= 11 is 0. The van der Waals surface area contributed by atoms with Gasteiger partial charge in [-0.05, 0) is 30.7 Å². The van der Waals surface area contributed by atoms with Crippen molar-refractivity contribution in [2.75, 3.05) is 13.1 Å². The van der Waals surface area contributed by atoms with Gasteiger partial charge in [0.15, 0.2) is 0 Å². The molecule has 1 N–H and O–H groups in total. The lowest BCUT2D eigenvalue weighted by molar-refractivity contribution is 0.0787.